The molecule has 0 aliphatic carbocycles. The number of benzene rings is 4. The smallest absolute Gasteiger partial charge is 0.180 e. The molecule has 0 aromatic heterocycles. The summed E-state index contributed by atoms with van der Waals surface area (Å²) in [5.41, 5.74) is 6.36. The number of para-hydroxylation sites is 2. The molecule has 31 heavy (non-hydrogen) atoms. The third-order valence-corrected chi connectivity index (χ3v) is 4.99. The molecule has 4 aromatic rings. The van der Waals surface area contributed by atoms with Crippen LogP contribution >= 0.6 is 0 Å². The highest BCUT2D eigenvalue weighted by molar-refractivity contribution is 6.22. The molecule has 4 aromatic carbocycles. The van der Waals surface area contributed by atoms with Crippen molar-refractivity contribution in [2.24, 2.45) is 5.10 Å². The average molecular weight is 406 g/mol. The third kappa shape index (κ3) is 4.70. The fourth-order valence-corrected chi connectivity index (χ4v) is 3.46. The van der Waals surface area contributed by atoms with Crippen LogP contribution in [0.3, 0.4) is 0 Å². The van der Waals surface area contributed by atoms with Gasteiger partial charge in [-0.15, -0.1) is 0 Å². The van der Waals surface area contributed by atoms with E-state index in [-0.39, 0.29) is 17.1 Å². The van der Waals surface area contributed by atoms with Gasteiger partial charge in [0.25, 0.3) is 0 Å². The van der Waals surface area contributed by atoms with E-state index in [0.717, 1.165) is 16.8 Å². The van der Waals surface area contributed by atoms with E-state index >= 15 is 0 Å². The molecule has 1 unspecified atom stereocenters. The van der Waals surface area contributed by atoms with Gasteiger partial charge in [-0.05, 0) is 35.4 Å². The number of Topliss-reactive ketones (excluding diaryl/α,β-unsaturated/α-hetero) is 1. The molecule has 0 radical (unpaired) electrons. The van der Waals surface area contributed by atoms with Gasteiger partial charge in [0.05, 0.1) is 22.9 Å². The van der Waals surface area contributed by atoms with E-state index in [9.17, 15) is 9.90 Å². The Bertz CT molecular complexity index is 1170. The van der Waals surface area contributed by atoms with Crippen LogP contribution in [0.2, 0.25) is 0 Å². The molecule has 4 heteroatoms. The van der Waals surface area contributed by atoms with Crippen LogP contribution in [0, 0.1) is 0 Å². The van der Waals surface area contributed by atoms with E-state index in [0.29, 0.717) is 5.71 Å². The van der Waals surface area contributed by atoms with E-state index in [2.05, 4.69) is 10.5 Å². The first-order chi connectivity index (χ1) is 15.2. The van der Waals surface area contributed by atoms with Gasteiger partial charge in [-0.2, -0.15) is 5.10 Å². The summed E-state index contributed by atoms with van der Waals surface area (Å²) in [6, 6.07) is 35.3. The summed E-state index contributed by atoms with van der Waals surface area (Å²) < 4.78 is 0. The fourth-order valence-electron chi connectivity index (χ4n) is 3.46. The van der Waals surface area contributed by atoms with Crippen LogP contribution in [0.1, 0.15) is 27.4 Å². The molecule has 0 aliphatic rings. The number of hydrogen-bond donors (Lipinski definition) is 2. The first-order valence-electron chi connectivity index (χ1n) is 10.1. The minimum atomic E-state index is -0.701. The third-order valence-electron chi connectivity index (χ3n) is 4.99. The number of phenolic OH excluding ortho intramolecular Hbond substituents is 1. The Labute approximate surface area is 181 Å². The number of aromatic hydroxyl groups is 1. The zero-order chi connectivity index (χ0) is 21.5. The van der Waals surface area contributed by atoms with Crippen molar-refractivity contribution in [2.45, 2.75) is 5.92 Å². The van der Waals surface area contributed by atoms with Crippen LogP contribution in [-0.4, -0.2) is 16.6 Å². The lowest BCUT2D eigenvalue weighted by Gasteiger charge is -2.20. The topological polar surface area (TPSA) is 61.7 Å². The Hall–Kier alpha value is -4.18. The zero-order valence-corrected chi connectivity index (χ0v) is 16.8. The van der Waals surface area contributed by atoms with Crippen molar-refractivity contribution in [3.8, 4) is 5.75 Å². The molecular formula is C27H22N2O2. The summed E-state index contributed by atoms with van der Waals surface area (Å²) in [6.07, 6.45) is 0. The minimum absolute atomic E-state index is 0.0446. The van der Waals surface area contributed by atoms with Crippen molar-refractivity contribution >= 4 is 17.2 Å². The summed E-state index contributed by atoms with van der Waals surface area (Å²) in [5, 5.41) is 15.0. The number of phenols is 1. The van der Waals surface area contributed by atoms with Gasteiger partial charge in [-0.25, -0.2) is 0 Å². The van der Waals surface area contributed by atoms with Crippen LogP contribution in [0.15, 0.2) is 120 Å². The average Bonchev–Trinajstić information content (AvgIpc) is 2.83. The minimum Gasteiger partial charge on any atom is -0.507 e. The highest BCUT2D eigenvalue weighted by Gasteiger charge is 2.30. The largest absolute Gasteiger partial charge is 0.507 e. The lowest BCUT2D eigenvalue weighted by atomic mass is 9.83. The first kappa shape index (κ1) is 20.1. The van der Waals surface area contributed by atoms with Crippen LogP contribution < -0.4 is 5.43 Å². The number of anilines is 1. The molecule has 2 N–H and O–H groups in total. The SMILES string of the molecule is O=C(c1ccccc1O)C(/C(=N\Nc1ccccc1)c1ccccc1)c1ccccc1. The Morgan fingerprint density at radius 3 is 1.90 bits per heavy atom. The predicted octanol–water partition coefficient (Wildman–Crippen LogP) is 5.88. The van der Waals surface area contributed by atoms with Gasteiger partial charge in [0.1, 0.15) is 5.75 Å². The van der Waals surface area contributed by atoms with Crippen LogP contribution in [0.5, 0.6) is 5.75 Å². The fraction of sp³-hybridized carbons (Fsp3) is 0.0370. The molecule has 4 rings (SSSR count). The van der Waals surface area contributed by atoms with E-state index in [4.69, 9.17) is 0 Å². The maximum Gasteiger partial charge on any atom is 0.180 e. The molecule has 152 valence electrons. The molecule has 0 bridgehead atoms. The van der Waals surface area contributed by atoms with Crippen molar-refractivity contribution < 1.29 is 9.90 Å². The maximum absolute atomic E-state index is 13.7. The summed E-state index contributed by atoms with van der Waals surface area (Å²) in [7, 11) is 0. The van der Waals surface area contributed by atoms with Gasteiger partial charge in [0.15, 0.2) is 5.78 Å². The molecule has 0 saturated heterocycles. The number of rotatable bonds is 7. The van der Waals surface area contributed by atoms with Crippen molar-refractivity contribution in [1.29, 1.82) is 0 Å². The number of ketones is 1. The van der Waals surface area contributed by atoms with E-state index in [1.165, 1.54) is 6.07 Å². The summed E-state index contributed by atoms with van der Waals surface area (Å²) in [5.74, 6) is -0.966. The molecule has 0 heterocycles. The van der Waals surface area contributed by atoms with Crippen molar-refractivity contribution in [1.82, 2.24) is 0 Å². The van der Waals surface area contributed by atoms with Crippen molar-refractivity contribution in [3.05, 3.63) is 132 Å². The predicted molar refractivity (Wildman–Crippen MR) is 125 cm³/mol. The van der Waals surface area contributed by atoms with Gasteiger partial charge in [0.2, 0.25) is 0 Å². The Morgan fingerprint density at radius 1 is 0.710 bits per heavy atom. The highest BCUT2D eigenvalue weighted by atomic mass is 16.3. The number of nitrogens with one attached hydrogen (secondary N) is 1. The monoisotopic (exact) mass is 406 g/mol. The Balaban J connectivity index is 1.86. The second-order valence-electron chi connectivity index (χ2n) is 7.07. The second kappa shape index (κ2) is 9.55. The highest BCUT2D eigenvalue weighted by Crippen LogP contribution is 2.30. The molecule has 0 amide bonds. The summed E-state index contributed by atoms with van der Waals surface area (Å²) >= 11 is 0. The quantitative estimate of drug-likeness (QED) is 0.229. The van der Waals surface area contributed by atoms with E-state index < -0.39 is 5.92 Å². The van der Waals surface area contributed by atoms with Crippen molar-refractivity contribution in [3.63, 3.8) is 0 Å². The van der Waals surface area contributed by atoms with E-state index in [1.807, 2.05) is 91.0 Å². The van der Waals surface area contributed by atoms with Crippen LogP contribution in [0.4, 0.5) is 5.69 Å². The number of carbonyl (C=O) groups excluding carboxylic acids is 1. The number of hydrogen-bond acceptors (Lipinski definition) is 4. The number of carbonyl (C=O) groups is 1. The lowest BCUT2D eigenvalue weighted by Crippen LogP contribution is -2.24. The molecular weight excluding hydrogens is 384 g/mol. The van der Waals surface area contributed by atoms with Gasteiger partial charge < -0.3 is 5.11 Å². The number of hydrazone groups is 1. The molecule has 0 fully saturated rings. The maximum atomic E-state index is 13.7. The van der Waals surface area contributed by atoms with Crippen molar-refractivity contribution in [2.75, 3.05) is 5.43 Å². The van der Waals surface area contributed by atoms with Gasteiger partial charge >= 0.3 is 0 Å². The van der Waals surface area contributed by atoms with Crippen LogP contribution in [-0.2, 0) is 0 Å². The molecule has 1 atom stereocenters. The molecule has 0 aliphatic heterocycles. The first-order valence-corrected chi connectivity index (χ1v) is 10.1. The van der Waals surface area contributed by atoms with Gasteiger partial charge in [-0.1, -0.05) is 91.0 Å². The Kier molecular flexibility index (Phi) is 6.19. The second-order valence-corrected chi connectivity index (χ2v) is 7.07. The summed E-state index contributed by atoms with van der Waals surface area (Å²) in [4.78, 5) is 13.7. The lowest BCUT2D eigenvalue weighted by molar-refractivity contribution is 0.0980. The zero-order valence-electron chi connectivity index (χ0n) is 16.8. The normalized spacial score (nSPS) is 12.2. The molecule has 4 nitrogen and oxygen atoms in total. The summed E-state index contributed by atoms with van der Waals surface area (Å²) in [6.45, 7) is 0. The standard InChI is InChI=1S/C27H22N2O2/c30-24-19-11-10-18-23(24)27(31)25(20-12-4-1-5-13-20)26(21-14-6-2-7-15-21)29-28-22-16-8-3-9-17-22/h1-19,25,28,30H/b29-26-. The van der Waals surface area contributed by atoms with E-state index in [1.54, 1.807) is 18.2 Å². The number of nitrogens with zero attached hydrogens (tertiary/aromatic N) is 1. The molecule has 0 spiro atoms. The van der Waals surface area contributed by atoms with Gasteiger partial charge in [0, 0.05) is 0 Å². The van der Waals surface area contributed by atoms with Crippen LogP contribution in [0.25, 0.3) is 0 Å². The molecule has 0 saturated carbocycles. The van der Waals surface area contributed by atoms with Gasteiger partial charge in [-0.3, -0.25) is 10.2 Å². The Morgan fingerprint density at radius 2 is 1.26 bits per heavy atom.